The van der Waals surface area contributed by atoms with Gasteiger partial charge in [0, 0.05) is 5.69 Å². The lowest BCUT2D eigenvalue weighted by Crippen LogP contribution is -2.27. The molecule has 21 heavy (non-hydrogen) atoms. The van der Waals surface area contributed by atoms with E-state index in [4.69, 9.17) is 20.4 Å². The summed E-state index contributed by atoms with van der Waals surface area (Å²) in [7, 11) is 0. The Morgan fingerprint density at radius 3 is 2.76 bits per heavy atom. The van der Waals surface area contributed by atoms with Crippen LogP contribution in [-0.2, 0) is 9.53 Å². The van der Waals surface area contributed by atoms with Crippen LogP contribution in [0.3, 0.4) is 0 Å². The third kappa shape index (κ3) is 4.35. The lowest BCUT2D eigenvalue weighted by Gasteiger charge is -2.12. The SMILES string of the molecule is CC1CCC(C(=O)Nc2ccc(OC/C(N)=N/O)cc2)O1. The normalized spacial score (nSPS) is 22.0. The van der Waals surface area contributed by atoms with Gasteiger partial charge in [0.2, 0.25) is 0 Å². The van der Waals surface area contributed by atoms with Crippen LogP contribution in [0.4, 0.5) is 5.69 Å². The summed E-state index contributed by atoms with van der Waals surface area (Å²) < 4.78 is 10.8. The molecule has 1 amide bonds. The van der Waals surface area contributed by atoms with E-state index in [0.717, 1.165) is 12.8 Å². The molecule has 0 aromatic heterocycles. The highest BCUT2D eigenvalue weighted by Crippen LogP contribution is 2.21. The number of ether oxygens (including phenoxy) is 2. The second-order valence-corrected chi connectivity index (χ2v) is 4.91. The van der Waals surface area contributed by atoms with Crippen molar-refractivity contribution >= 4 is 17.4 Å². The molecule has 0 aliphatic carbocycles. The molecular weight excluding hydrogens is 274 g/mol. The standard InChI is InChI=1S/C14H19N3O4/c1-9-2-7-12(21-9)14(18)16-10-3-5-11(6-4-10)20-8-13(15)17-19/h3-6,9,12,19H,2,7-8H2,1H3,(H2,15,17)(H,16,18). The molecule has 1 heterocycles. The average molecular weight is 293 g/mol. The number of amidine groups is 1. The Kier molecular flexibility index (Phi) is 4.99. The first-order valence-corrected chi connectivity index (χ1v) is 6.74. The van der Waals surface area contributed by atoms with Gasteiger partial charge < -0.3 is 25.7 Å². The van der Waals surface area contributed by atoms with Crippen molar-refractivity contribution in [1.29, 1.82) is 0 Å². The van der Waals surface area contributed by atoms with Crippen molar-refractivity contribution in [2.24, 2.45) is 10.9 Å². The molecule has 1 aromatic rings. The Hall–Kier alpha value is -2.28. The molecule has 1 saturated heterocycles. The quantitative estimate of drug-likeness (QED) is 0.328. The number of oxime groups is 1. The molecule has 2 unspecified atom stereocenters. The number of rotatable bonds is 5. The Morgan fingerprint density at radius 2 is 2.19 bits per heavy atom. The van der Waals surface area contributed by atoms with Crippen LogP contribution in [-0.4, -0.2) is 35.8 Å². The van der Waals surface area contributed by atoms with Crippen LogP contribution in [0.25, 0.3) is 0 Å². The van der Waals surface area contributed by atoms with E-state index < -0.39 is 0 Å². The van der Waals surface area contributed by atoms with Gasteiger partial charge in [0.1, 0.15) is 18.5 Å². The van der Waals surface area contributed by atoms with Crippen LogP contribution >= 0.6 is 0 Å². The van der Waals surface area contributed by atoms with Gasteiger partial charge in [-0.25, -0.2) is 0 Å². The molecule has 2 atom stereocenters. The molecule has 1 aromatic carbocycles. The minimum Gasteiger partial charge on any atom is -0.486 e. The fourth-order valence-corrected chi connectivity index (χ4v) is 2.04. The van der Waals surface area contributed by atoms with Crippen molar-refractivity contribution < 1.29 is 19.5 Å². The third-order valence-corrected chi connectivity index (χ3v) is 3.16. The van der Waals surface area contributed by atoms with E-state index in [9.17, 15) is 4.79 Å². The molecule has 4 N–H and O–H groups in total. The fourth-order valence-electron chi connectivity index (χ4n) is 2.04. The molecule has 0 saturated carbocycles. The maximum absolute atomic E-state index is 12.0. The minimum absolute atomic E-state index is 0.00396. The summed E-state index contributed by atoms with van der Waals surface area (Å²) in [5, 5.41) is 14.0. The van der Waals surface area contributed by atoms with Gasteiger partial charge >= 0.3 is 0 Å². The van der Waals surface area contributed by atoms with Gasteiger partial charge in [-0.05, 0) is 44.0 Å². The number of benzene rings is 1. The van der Waals surface area contributed by atoms with Crippen molar-refractivity contribution in [2.75, 3.05) is 11.9 Å². The molecule has 114 valence electrons. The Balaban J connectivity index is 1.86. The average Bonchev–Trinajstić information content (AvgIpc) is 2.93. The molecule has 1 fully saturated rings. The van der Waals surface area contributed by atoms with Crippen LogP contribution in [0, 0.1) is 0 Å². The highest BCUT2D eigenvalue weighted by Gasteiger charge is 2.28. The maximum atomic E-state index is 12.0. The number of hydrogen-bond acceptors (Lipinski definition) is 5. The van der Waals surface area contributed by atoms with E-state index in [1.165, 1.54) is 0 Å². The summed E-state index contributed by atoms with van der Waals surface area (Å²) in [4.78, 5) is 12.0. The van der Waals surface area contributed by atoms with E-state index in [0.29, 0.717) is 11.4 Å². The van der Waals surface area contributed by atoms with Gasteiger partial charge in [-0.2, -0.15) is 0 Å². The molecule has 0 spiro atoms. The lowest BCUT2D eigenvalue weighted by molar-refractivity contribution is -0.126. The molecule has 2 rings (SSSR count). The number of anilines is 1. The second kappa shape index (κ2) is 6.94. The Bertz CT molecular complexity index is 515. The number of carbonyl (C=O) groups excluding carboxylic acids is 1. The molecule has 0 radical (unpaired) electrons. The van der Waals surface area contributed by atoms with E-state index in [1.54, 1.807) is 24.3 Å². The lowest BCUT2D eigenvalue weighted by atomic mass is 10.2. The molecule has 1 aliphatic heterocycles. The minimum atomic E-state index is -0.378. The van der Waals surface area contributed by atoms with E-state index >= 15 is 0 Å². The first-order valence-electron chi connectivity index (χ1n) is 6.74. The molecule has 1 aliphatic rings. The topological polar surface area (TPSA) is 106 Å². The zero-order valence-corrected chi connectivity index (χ0v) is 11.8. The number of carbonyl (C=O) groups is 1. The Labute approximate surface area is 122 Å². The number of hydrogen-bond donors (Lipinski definition) is 3. The maximum Gasteiger partial charge on any atom is 0.253 e. The highest BCUT2D eigenvalue weighted by molar-refractivity contribution is 5.94. The van der Waals surface area contributed by atoms with Gasteiger partial charge in [-0.15, -0.1) is 0 Å². The third-order valence-electron chi connectivity index (χ3n) is 3.16. The van der Waals surface area contributed by atoms with Crippen LogP contribution in [0.15, 0.2) is 29.4 Å². The molecule has 0 bridgehead atoms. The van der Waals surface area contributed by atoms with Crippen LogP contribution in [0.5, 0.6) is 5.75 Å². The first kappa shape index (κ1) is 15.1. The Morgan fingerprint density at radius 1 is 1.48 bits per heavy atom. The highest BCUT2D eigenvalue weighted by atomic mass is 16.5. The van der Waals surface area contributed by atoms with E-state index in [-0.39, 0.29) is 30.6 Å². The summed E-state index contributed by atoms with van der Waals surface area (Å²) in [5.41, 5.74) is 5.97. The number of nitrogens with one attached hydrogen (secondary N) is 1. The number of nitrogens with two attached hydrogens (primary N) is 1. The summed E-state index contributed by atoms with van der Waals surface area (Å²) in [6.07, 6.45) is 1.40. The van der Waals surface area contributed by atoms with Crippen molar-refractivity contribution in [3.8, 4) is 5.75 Å². The second-order valence-electron chi connectivity index (χ2n) is 4.91. The van der Waals surface area contributed by atoms with Crippen molar-refractivity contribution in [3.05, 3.63) is 24.3 Å². The smallest absolute Gasteiger partial charge is 0.253 e. The predicted octanol–water partition coefficient (Wildman–Crippen LogP) is 1.32. The van der Waals surface area contributed by atoms with E-state index in [1.807, 2.05) is 6.92 Å². The fraction of sp³-hybridized carbons (Fsp3) is 0.429. The van der Waals surface area contributed by atoms with Crippen LogP contribution in [0.1, 0.15) is 19.8 Å². The first-order chi connectivity index (χ1) is 10.1. The van der Waals surface area contributed by atoms with Crippen LogP contribution < -0.4 is 15.8 Å². The van der Waals surface area contributed by atoms with Gasteiger partial charge in [-0.3, -0.25) is 4.79 Å². The van der Waals surface area contributed by atoms with Crippen molar-refractivity contribution in [2.45, 2.75) is 32.0 Å². The number of amides is 1. The van der Waals surface area contributed by atoms with Gasteiger partial charge in [-0.1, -0.05) is 5.16 Å². The summed E-state index contributed by atoms with van der Waals surface area (Å²) in [6.45, 7) is 1.96. The summed E-state index contributed by atoms with van der Waals surface area (Å²) in [5.74, 6) is 0.412. The molecule has 7 nitrogen and oxygen atoms in total. The van der Waals surface area contributed by atoms with Crippen molar-refractivity contribution in [1.82, 2.24) is 0 Å². The van der Waals surface area contributed by atoms with E-state index in [2.05, 4.69) is 10.5 Å². The van der Waals surface area contributed by atoms with Gasteiger partial charge in [0.15, 0.2) is 5.84 Å². The summed E-state index contributed by atoms with van der Waals surface area (Å²) >= 11 is 0. The number of nitrogens with zero attached hydrogens (tertiary/aromatic N) is 1. The molecule has 7 heteroatoms. The monoisotopic (exact) mass is 293 g/mol. The zero-order chi connectivity index (χ0) is 15.2. The van der Waals surface area contributed by atoms with Gasteiger partial charge in [0.05, 0.1) is 6.10 Å². The largest absolute Gasteiger partial charge is 0.486 e. The molecular formula is C14H19N3O4. The zero-order valence-electron chi connectivity index (χ0n) is 11.8. The van der Waals surface area contributed by atoms with Gasteiger partial charge in [0.25, 0.3) is 5.91 Å². The summed E-state index contributed by atoms with van der Waals surface area (Å²) in [6, 6.07) is 6.83. The van der Waals surface area contributed by atoms with Crippen molar-refractivity contribution in [3.63, 3.8) is 0 Å². The van der Waals surface area contributed by atoms with Crippen LogP contribution in [0.2, 0.25) is 0 Å². The predicted molar refractivity (Wildman–Crippen MR) is 77.5 cm³/mol.